The van der Waals surface area contributed by atoms with Gasteiger partial charge in [0.2, 0.25) is 0 Å². The Hall–Kier alpha value is -3.61. The smallest absolute Gasteiger partial charge is 0.416 e. The summed E-state index contributed by atoms with van der Waals surface area (Å²) in [7, 11) is 1.68. The van der Waals surface area contributed by atoms with E-state index in [9.17, 15) is 35.9 Å². The van der Waals surface area contributed by atoms with E-state index >= 15 is 0 Å². The molecule has 2 aromatic carbocycles. The van der Waals surface area contributed by atoms with E-state index in [0.717, 1.165) is 0 Å². The Labute approximate surface area is 213 Å². The van der Waals surface area contributed by atoms with Crippen LogP contribution in [0.1, 0.15) is 46.9 Å². The van der Waals surface area contributed by atoms with E-state index in [0.29, 0.717) is 34.1 Å². The molecule has 0 radical (unpaired) electrons. The van der Waals surface area contributed by atoms with E-state index in [2.05, 4.69) is 10.6 Å². The molecule has 2 N–H and O–H groups in total. The quantitative estimate of drug-likeness (QED) is 0.287. The normalized spacial score (nSPS) is 16.4. The lowest BCUT2D eigenvalue weighted by Crippen LogP contribution is -2.46. The summed E-state index contributed by atoms with van der Waals surface area (Å²) < 4.78 is 83.8. The maximum Gasteiger partial charge on any atom is 0.416 e. The molecule has 0 unspecified atom stereocenters. The van der Waals surface area contributed by atoms with Crippen molar-refractivity contribution in [2.24, 2.45) is 0 Å². The van der Waals surface area contributed by atoms with Crippen LogP contribution in [-0.2, 0) is 21.9 Å². The molecule has 1 aliphatic heterocycles. The number of hydrogen-bond donors (Lipinski definition) is 2. The van der Waals surface area contributed by atoms with Crippen LogP contribution in [0.3, 0.4) is 0 Å². The number of benzene rings is 2. The molecule has 0 aliphatic carbocycles. The van der Waals surface area contributed by atoms with Gasteiger partial charge in [-0.15, -0.1) is 0 Å². The van der Waals surface area contributed by atoms with Crippen LogP contribution in [0.2, 0.25) is 0 Å². The number of halogens is 6. The number of nitrogens with one attached hydrogen (secondary N) is 2. The highest BCUT2D eigenvalue weighted by atomic mass is 32.1. The van der Waals surface area contributed by atoms with Crippen LogP contribution in [0, 0.1) is 0 Å². The number of nitrogens with zero attached hydrogens (tertiary/aromatic N) is 1. The highest BCUT2D eigenvalue weighted by molar-refractivity contribution is 7.80. The van der Waals surface area contributed by atoms with Crippen LogP contribution in [0.25, 0.3) is 0 Å². The third-order valence-electron chi connectivity index (χ3n) is 5.60. The predicted molar refractivity (Wildman–Crippen MR) is 126 cm³/mol. The van der Waals surface area contributed by atoms with Crippen molar-refractivity contribution >= 4 is 34.9 Å². The molecule has 3 rings (SSSR count). The molecule has 37 heavy (non-hydrogen) atoms. The minimum Gasteiger partial charge on any atom is -0.463 e. The fourth-order valence-electron chi connectivity index (χ4n) is 3.61. The maximum atomic E-state index is 13.1. The average molecular weight is 546 g/mol. The monoisotopic (exact) mass is 545 g/mol. The zero-order valence-corrected chi connectivity index (χ0v) is 20.5. The molecule has 0 bridgehead atoms. The highest BCUT2D eigenvalue weighted by Crippen LogP contribution is 2.37. The van der Waals surface area contributed by atoms with Crippen molar-refractivity contribution in [2.45, 2.75) is 32.2 Å². The van der Waals surface area contributed by atoms with E-state index in [1.165, 1.54) is 24.3 Å². The lowest BCUT2D eigenvalue weighted by Gasteiger charge is -2.35. The molecule has 1 atom stereocenters. The number of carbonyl (C=O) groups excluding carboxylic acids is 2. The van der Waals surface area contributed by atoms with Gasteiger partial charge < -0.3 is 20.3 Å². The van der Waals surface area contributed by atoms with Crippen molar-refractivity contribution < 1.29 is 40.7 Å². The van der Waals surface area contributed by atoms with E-state index in [1.54, 1.807) is 25.8 Å². The second-order valence-corrected chi connectivity index (χ2v) is 8.42. The number of thiocarbonyl (C=S) groups is 1. The third kappa shape index (κ3) is 6.21. The molecule has 2 aromatic rings. The van der Waals surface area contributed by atoms with Crippen LogP contribution in [0.5, 0.6) is 0 Å². The Morgan fingerprint density at radius 3 is 2.05 bits per heavy atom. The largest absolute Gasteiger partial charge is 0.463 e. The first-order chi connectivity index (χ1) is 17.1. The molecule has 13 heteroatoms. The van der Waals surface area contributed by atoms with Gasteiger partial charge >= 0.3 is 18.3 Å². The number of hydrogen-bond acceptors (Lipinski definition) is 4. The summed E-state index contributed by atoms with van der Waals surface area (Å²) >= 11 is 5.31. The Morgan fingerprint density at radius 1 is 1.03 bits per heavy atom. The number of rotatable bonds is 5. The first kappa shape index (κ1) is 28.0. The average Bonchev–Trinajstić information content (AvgIpc) is 2.81. The van der Waals surface area contributed by atoms with Gasteiger partial charge in [-0.1, -0.05) is 12.1 Å². The highest BCUT2D eigenvalue weighted by Gasteiger charge is 2.38. The minimum atomic E-state index is -5.08. The van der Waals surface area contributed by atoms with Crippen LogP contribution in [0.15, 0.2) is 53.7 Å². The molecular formula is C24H21F6N3O3S. The molecule has 0 saturated carbocycles. The fourth-order valence-corrected chi connectivity index (χ4v) is 3.86. The molecule has 1 aliphatic rings. The van der Waals surface area contributed by atoms with Gasteiger partial charge in [0.05, 0.1) is 29.3 Å². The first-order valence-electron chi connectivity index (χ1n) is 10.8. The molecule has 6 nitrogen and oxygen atoms in total. The van der Waals surface area contributed by atoms with Gasteiger partial charge in [-0.25, -0.2) is 4.79 Å². The first-order valence-corrected chi connectivity index (χ1v) is 11.2. The van der Waals surface area contributed by atoms with Crippen molar-refractivity contribution in [3.8, 4) is 0 Å². The number of amides is 1. The molecule has 1 amide bonds. The van der Waals surface area contributed by atoms with Crippen molar-refractivity contribution in [1.82, 2.24) is 10.2 Å². The van der Waals surface area contributed by atoms with E-state index in [1.807, 2.05) is 0 Å². The van der Waals surface area contributed by atoms with E-state index < -0.39 is 47.0 Å². The van der Waals surface area contributed by atoms with Gasteiger partial charge in [-0.2, -0.15) is 26.3 Å². The summed E-state index contributed by atoms with van der Waals surface area (Å²) in [4.78, 5) is 26.8. The number of alkyl halides is 6. The second kappa shape index (κ2) is 10.4. The zero-order chi connectivity index (χ0) is 27.7. The molecule has 0 aromatic heterocycles. The topological polar surface area (TPSA) is 70.7 Å². The summed E-state index contributed by atoms with van der Waals surface area (Å²) in [6.07, 6.45) is -10.2. The van der Waals surface area contributed by atoms with Gasteiger partial charge in [0, 0.05) is 24.0 Å². The standard InChI is InChI=1S/C24H21F6N3O3S/c1-4-36-21(35)18-12(2)33(3)22(37)32-19(18)13-5-7-17(8-6-13)31-20(34)14-9-15(23(25,26)27)11-16(10-14)24(28,29)30/h5-11,19H,4H2,1-3H3,(H,31,34)(H,32,37)/t19-/m1/s1. The predicted octanol–water partition coefficient (Wildman–Crippen LogP) is 5.67. The Balaban J connectivity index is 1.89. The van der Waals surface area contributed by atoms with Crippen LogP contribution in [-0.4, -0.2) is 35.5 Å². The van der Waals surface area contributed by atoms with Crippen LogP contribution >= 0.6 is 12.2 Å². The number of anilines is 1. The van der Waals surface area contributed by atoms with Crippen molar-refractivity contribution in [3.63, 3.8) is 0 Å². The van der Waals surface area contributed by atoms with Crippen molar-refractivity contribution in [3.05, 3.63) is 76.0 Å². The summed E-state index contributed by atoms with van der Waals surface area (Å²) in [6.45, 7) is 3.51. The summed E-state index contributed by atoms with van der Waals surface area (Å²) in [5.74, 6) is -1.72. The lowest BCUT2D eigenvalue weighted by molar-refractivity contribution is -0.143. The second-order valence-electron chi connectivity index (χ2n) is 8.03. The molecular weight excluding hydrogens is 524 g/mol. The van der Waals surface area contributed by atoms with Gasteiger partial charge in [-0.3, -0.25) is 4.79 Å². The fraction of sp³-hybridized carbons (Fsp3) is 0.292. The van der Waals surface area contributed by atoms with Crippen molar-refractivity contribution in [2.75, 3.05) is 19.0 Å². The van der Waals surface area contributed by atoms with E-state index in [-0.39, 0.29) is 18.4 Å². The third-order valence-corrected chi connectivity index (χ3v) is 5.99. The summed E-state index contributed by atoms with van der Waals surface area (Å²) in [6, 6.07) is 5.80. The summed E-state index contributed by atoms with van der Waals surface area (Å²) in [5.41, 5.74) is -2.48. The minimum absolute atomic E-state index is 0.0543. The summed E-state index contributed by atoms with van der Waals surface area (Å²) in [5, 5.41) is 5.67. The van der Waals surface area contributed by atoms with Gasteiger partial charge in [-0.05, 0) is 62.0 Å². The Bertz CT molecular complexity index is 1220. The lowest BCUT2D eigenvalue weighted by atomic mass is 9.95. The van der Waals surface area contributed by atoms with Crippen LogP contribution < -0.4 is 10.6 Å². The number of carbonyl (C=O) groups is 2. The Kier molecular flexibility index (Phi) is 7.86. The number of allylic oxidation sites excluding steroid dienone is 1. The molecule has 1 heterocycles. The number of ether oxygens (including phenoxy) is 1. The van der Waals surface area contributed by atoms with Gasteiger partial charge in [0.15, 0.2) is 5.11 Å². The molecule has 0 saturated heterocycles. The zero-order valence-electron chi connectivity index (χ0n) is 19.7. The molecule has 0 fully saturated rings. The van der Waals surface area contributed by atoms with Gasteiger partial charge in [0.25, 0.3) is 5.91 Å². The van der Waals surface area contributed by atoms with Crippen LogP contribution in [0.4, 0.5) is 32.0 Å². The van der Waals surface area contributed by atoms with E-state index in [4.69, 9.17) is 17.0 Å². The molecule has 0 spiro atoms. The molecule has 198 valence electrons. The van der Waals surface area contributed by atoms with Gasteiger partial charge in [0.1, 0.15) is 0 Å². The Morgan fingerprint density at radius 2 is 1.57 bits per heavy atom. The maximum absolute atomic E-state index is 13.1. The SMILES string of the molecule is CCOC(=O)C1=C(C)N(C)C(=S)N[C@@H]1c1ccc(NC(=O)c2cc(C(F)(F)F)cc(C(F)(F)F)c2)cc1. The number of esters is 1. The van der Waals surface area contributed by atoms with Crippen molar-refractivity contribution in [1.29, 1.82) is 0 Å².